The molecule has 0 aliphatic carbocycles. The molecule has 0 heterocycles. The van der Waals surface area contributed by atoms with Crippen LogP contribution in [0.15, 0.2) is 61.2 Å². The monoisotopic (exact) mass is 361 g/mol. The number of phenolic OH excluding ortho intramolecular Hbond substituents is 1. The zero-order valence-electron chi connectivity index (χ0n) is 13.6. The average Bonchev–Trinajstić information content (AvgIpc) is 2.57. The number of carbonyl (C=O) groups excluding carboxylic acids is 1. The van der Waals surface area contributed by atoms with E-state index >= 15 is 0 Å². The average molecular weight is 361 g/mol. The van der Waals surface area contributed by atoms with E-state index in [-0.39, 0.29) is 11.4 Å². The van der Waals surface area contributed by atoms with Gasteiger partial charge in [0.1, 0.15) is 12.3 Å². The predicted molar refractivity (Wildman–Crippen MR) is 97.1 cm³/mol. The van der Waals surface area contributed by atoms with Crippen molar-refractivity contribution >= 4 is 27.3 Å². The first-order valence-electron chi connectivity index (χ1n) is 7.34. The number of para-hydroxylation sites is 2. The third-order valence-electron chi connectivity index (χ3n) is 3.31. The standard InChI is InChI=1S/C17H19N3O4S/c1-13(15-10-6-7-11-16(15)21)18-19-17(22)12-20(25(2,23)24)14-8-4-3-5-9-14/h3-11,18,21H,1,12H2,2H3,(H,19,22). The van der Waals surface area contributed by atoms with Crippen LogP contribution in [0.2, 0.25) is 0 Å². The second-order valence-electron chi connectivity index (χ2n) is 5.27. The number of hydrazine groups is 1. The van der Waals surface area contributed by atoms with E-state index in [4.69, 9.17) is 0 Å². The second-order valence-corrected chi connectivity index (χ2v) is 7.18. The van der Waals surface area contributed by atoms with Crippen LogP contribution >= 0.6 is 0 Å². The number of nitrogens with zero attached hydrogens (tertiary/aromatic N) is 1. The summed E-state index contributed by atoms with van der Waals surface area (Å²) in [5, 5.41) is 9.75. The van der Waals surface area contributed by atoms with Crippen molar-refractivity contribution in [3.63, 3.8) is 0 Å². The number of aromatic hydroxyl groups is 1. The van der Waals surface area contributed by atoms with Crippen molar-refractivity contribution < 1.29 is 18.3 Å². The van der Waals surface area contributed by atoms with E-state index in [9.17, 15) is 18.3 Å². The molecule has 0 spiro atoms. The number of benzene rings is 2. The van der Waals surface area contributed by atoms with Crippen molar-refractivity contribution in [3.8, 4) is 5.75 Å². The highest BCUT2D eigenvalue weighted by Crippen LogP contribution is 2.21. The maximum atomic E-state index is 12.1. The van der Waals surface area contributed by atoms with E-state index in [1.165, 1.54) is 6.07 Å². The summed E-state index contributed by atoms with van der Waals surface area (Å²) >= 11 is 0. The minimum atomic E-state index is -3.63. The van der Waals surface area contributed by atoms with Crippen LogP contribution < -0.4 is 15.2 Å². The number of sulfonamides is 1. The number of carbonyl (C=O) groups is 1. The normalized spacial score (nSPS) is 10.8. The molecule has 2 aromatic carbocycles. The van der Waals surface area contributed by atoms with Crippen LogP contribution in [0, 0.1) is 0 Å². The number of amides is 1. The Balaban J connectivity index is 2.03. The quantitative estimate of drug-likeness (QED) is 0.649. The molecule has 25 heavy (non-hydrogen) atoms. The van der Waals surface area contributed by atoms with Gasteiger partial charge in [0.25, 0.3) is 5.91 Å². The van der Waals surface area contributed by atoms with Gasteiger partial charge in [0.2, 0.25) is 10.0 Å². The van der Waals surface area contributed by atoms with Gasteiger partial charge in [-0.1, -0.05) is 36.9 Å². The summed E-state index contributed by atoms with van der Waals surface area (Å²) in [6, 6.07) is 14.8. The van der Waals surface area contributed by atoms with Crippen molar-refractivity contribution in [1.29, 1.82) is 0 Å². The van der Waals surface area contributed by atoms with Crippen LogP contribution in [0.5, 0.6) is 5.75 Å². The molecular weight excluding hydrogens is 342 g/mol. The highest BCUT2D eigenvalue weighted by Gasteiger charge is 2.20. The molecule has 0 bridgehead atoms. The zero-order valence-corrected chi connectivity index (χ0v) is 14.5. The van der Waals surface area contributed by atoms with Gasteiger partial charge in [-0.15, -0.1) is 0 Å². The predicted octanol–water partition coefficient (Wildman–Crippen LogP) is 1.45. The Morgan fingerprint density at radius 2 is 1.68 bits per heavy atom. The summed E-state index contributed by atoms with van der Waals surface area (Å²) in [6.45, 7) is 3.33. The molecule has 8 heteroatoms. The van der Waals surface area contributed by atoms with Crippen LogP contribution in [0.4, 0.5) is 5.69 Å². The van der Waals surface area contributed by atoms with E-state index in [1.54, 1.807) is 48.5 Å². The number of rotatable bonds is 7. The van der Waals surface area contributed by atoms with Crippen LogP contribution in [0.3, 0.4) is 0 Å². The molecule has 0 aliphatic heterocycles. The molecule has 3 N–H and O–H groups in total. The molecular formula is C17H19N3O4S. The Labute approximate surface area is 146 Å². The van der Waals surface area contributed by atoms with Crippen molar-refractivity contribution in [2.24, 2.45) is 0 Å². The van der Waals surface area contributed by atoms with E-state index in [0.29, 0.717) is 11.3 Å². The fraction of sp³-hybridized carbons (Fsp3) is 0.118. The molecule has 2 rings (SSSR count). The first-order chi connectivity index (χ1) is 11.8. The van der Waals surface area contributed by atoms with E-state index < -0.39 is 22.5 Å². The van der Waals surface area contributed by atoms with Crippen LogP contribution in [0.1, 0.15) is 5.56 Å². The summed E-state index contributed by atoms with van der Waals surface area (Å²) in [6.07, 6.45) is 1.03. The summed E-state index contributed by atoms with van der Waals surface area (Å²) < 4.78 is 24.9. The first kappa shape index (κ1) is 18.3. The van der Waals surface area contributed by atoms with E-state index in [1.807, 2.05) is 0 Å². The number of hydrogen-bond donors (Lipinski definition) is 3. The van der Waals surface area contributed by atoms with Gasteiger partial charge in [0.15, 0.2) is 0 Å². The molecule has 0 radical (unpaired) electrons. The largest absolute Gasteiger partial charge is 0.507 e. The van der Waals surface area contributed by atoms with Gasteiger partial charge in [-0.2, -0.15) is 0 Å². The van der Waals surface area contributed by atoms with Gasteiger partial charge in [0, 0.05) is 5.56 Å². The van der Waals surface area contributed by atoms with Crippen molar-refractivity contribution in [2.75, 3.05) is 17.1 Å². The molecule has 2 aromatic rings. The van der Waals surface area contributed by atoms with Gasteiger partial charge in [0.05, 0.1) is 17.6 Å². The zero-order chi connectivity index (χ0) is 18.4. The lowest BCUT2D eigenvalue weighted by Gasteiger charge is -2.22. The Kier molecular flexibility index (Phi) is 5.66. The SMILES string of the molecule is C=C(NNC(=O)CN(c1ccccc1)S(C)(=O)=O)c1ccccc1O. The summed E-state index contributed by atoms with van der Waals surface area (Å²) in [7, 11) is -3.63. The number of anilines is 1. The lowest BCUT2D eigenvalue weighted by Crippen LogP contribution is -2.44. The number of nitrogens with one attached hydrogen (secondary N) is 2. The third-order valence-corrected chi connectivity index (χ3v) is 4.45. The Bertz CT molecular complexity index is 866. The summed E-state index contributed by atoms with van der Waals surface area (Å²) in [5.41, 5.74) is 6.03. The third kappa shape index (κ3) is 4.98. The molecule has 0 aromatic heterocycles. The van der Waals surface area contributed by atoms with E-state index in [0.717, 1.165) is 10.6 Å². The maximum Gasteiger partial charge on any atom is 0.259 e. The Hall–Kier alpha value is -3.00. The Morgan fingerprint density at radius 3 is 2.28 bits per heavy atom. The molecule has 1 amide bonds. The van der Waals surface area contributed by atoms with Gasteiger partial charge in [-0.3, -0.25) is 20.0 Å². The number of hydrogen-bond acceptors (Lipinski definition) is 5. The van der Waals surface area contributed by atoms with Gasteiger partial charge < -0.3 is 5.11 Å². The molecule has 0 unspecified atom stereocenters. The second kappa shape index (κ2) is 7.71. The minimum Gasteiger partial charge on any atom is -0.507 e. The van der Waals surface area contributed by atoms with Crippen LogP contribution in [0.25, 0.3) is 5.70 Å². The molecule has 7 nitrogen and oxygen atoms in total. The van der Waals surface area contributed by atoms with Crippen LogP contribution in [-0.4, -0.2) is 32.2 Å². The van der Waals surface area contributed by atoms with Crippen molar-refractivity contribution in [3.05, 3.63) is 66.7 Å². The lowest BCUT2D eigenvalue weighted by atomic mass is 10.1. The Morgan fingerprint density at radius 1 is 1.08 bits per heavy atom. The van der Waals surface area contributed by atoms with Gasteiger partial charge in [-0.05, 0) is 24.3 Å². The minimum absolute atomic E-state index is 0.0105. The molecule has 0 atom stereocenters. The smallest absolute Gasteiger partial charge is 0.259 e. The van der Waals surface area contributed by atoms with Gasteiger partial charge >= 0.3 is 0 Å². The fourth-order valence-corrected chi connectivity index (χ4v) is 2.96. The summed E-state index contributed by atoms with van der Waals surface area (Å²) in [4.78, 5) is 12.1. The maximum absolute atomic E-state index is 12.1. The molecule has 0 fully saturated rings. The van der Waals surface area contributed by atoms with Crippen LogP contribution in [-0.2, 0) is 14.8 Å². The molecule has 0 saturated carbocycles. The van der Waals surface area contributed by atoms with Crippen molar-refractivity contribution in [2.45, 2.75) is 0 Å². The van der Waals surface area contributed by atoms with Crippen molar-refractivity contribution in [1.82, 2.24) is 10.9 Å². The first-order valence-corrected chi connectivity index (χ1v) is 9.19. The number of phenols is 1. The molecule has 132 valence electrons. The lowest BCUT2D eigenvalue weighted by molar-refractivity contribution is -0.120. The fourth-order valence-electron chi connectivity index (χ4n) is 2.11. The van der Waals surface area contributed by atoms with Gasteiger partial charge in [-0.25, -0.2) is 8.42 Å². The highest BCUT2D eigenvalue weighted by atomic mass is 32.2. The molecule has 0 saturated heterocycles. The molecule has 0 aliphatic rings. The summed E-state index contributed by atoms with van der Waals surface area (Å²) in [5.74, 6) is -0.567. The highest BCUT2D eigenvalue weighted by molar-refractivity contribution is 7.92. The topological polar surface area (TPSA) is 98.7 Å². The van der Waals surface area contributed by atoms with E-state index in [2.05, 4.69) is 17.4 Å².